The lowest BCUT2D eigenvalue weighted by atomic mass is 9.95. The second-order valence-corrected chi connectivity index (χ2v) is 10.4. The second-order valence-electron chi connectivity index (χ2n) is 9.37. The molecular formula is C32H30N2O7S. The Hall–Kier alpha value is -4.83. The van der Waals surface area contributed by atoms with Crippen molar-refractivity contribution in [1.29, 1.82) is 0 Å². The summed E-state index contributed by atoms with van der Waals surface area (Å²) in [5.41, 5.74) is 2.84. The van der Waals surface area contributed by atoms with Gasteiger partial charge in [0.15, 0.2) is 27.8 Å². The lowest BCUT2D eigenvalue weighted by molar-refractivity contribution is -0.136. The fraction of sp³-hybridized carbons (Fsp3) is 0.219. The number of allylic oxidation sites excluding steroid dienone is 1. The fourth-order valence-electron chi connectivity index (χ4n) is 4.81. The van der Waals surface area contributed by atoms with Gasteiger partial charge in [0.1, 0.15) is 6.61 Å². The Kier molecular flexibility index (Phi) is 8.44. The van der Waals surface area contributed by atoms with Crippen molar-refractivity contribution < 1.29 is 28.5 Å². The molecule has 0 N–H and O–H groups in total. The molecule has 0 bridgehead atoms. The van der Waals surface area contributed by atoms with E-state index in [9.17, 15) is 9.59 Å². The lowest BCUT2D eigenvalue weighted by Crippen LogP contribution is -2.39. The predicted octanol–water partition coefficient (Wildman–Crippen LogP) is 4.01. The smallest absolute Gasteiger partial charge is 0.338 e. The maximum absolute atomic E-state index is 13.9. The topological polar surface area (TPSA) is 97.6 Å². The summed E-state index contributed by atoms with van der Waals surface area (Å²) in [5, 5.41) is 0. The summed E-state index contributed by atoms with van der Waals surface area (Å²) in [6.07, 6.45) is 1.76. The summed E-state index contributed by atoms with van der Waals surface area (Å²) in [6.45, 7) is 2.09. The number of aromatic nitrogens is 1. The normalized spacial score (nSPS) is 14.6. The number of benzene rings is 3. The summed E-state index contributed by atoms with van der Waals surface area (Å²) in [4.78, 5) is 32.1. The van der Waals surface area contributed by atoms with Gasteiger partial charge in [-0.15, -0.1) is 0 Å². The van der Waals surface area contributed by atoms with Crippen LogP contribution in [0.1, 0.15) is 29.7 Å². The van der Waals surface area contributed by atoms with Crippen molar-refractivity contribution in [1.82, 2.24) is 4.57 Å². The Labute approximate surface area is 246 Å². The Balaban J connectivity index is 1.61. The van der Waals surface area contributed by atoms with Crippen molar-refractivity contribution in [3.05, 3.63) is 114 Å². The van der Waals surface area contributed by atoms with Gasteiger partial charge in [0.25, 0.3) is 5.56 Å². The molecule has 1 aliphatic rings. The second kappa shape index (κ2) is 12.4. The number of methoxy groups -OCH3 is 4. The number of carbonyl (C=O) groups is 1. The average molecular weight is 587 g/mol. The van der Waals surface area contributed by atoms with Gasteiger partial charge in [-0.1, -0.05) is 53.8 Å². The number of esters is 1. The van der Waals surface area contributed by atoms with Crippen LogP contribution in [0.4, 0.5) is 0 Å². The molecule has 0 radical (unpaired) electrons. The molecule has 216 valence electrons. The summed E-state index contributed by atoms with van der Waals surface area (Å²) in [6, 6.07) is 19.8. The van der Waals surface area contributed by atoms with Crippen molar-refractivity contribution >= 4 is 23.4 Å². The highest BCUT2D eigenvalue weighted by atomic mass is 32.1. The van der Waals surface area contributed by atoms with Crippen molar-refractivity contribution in [2.24, 2.45) is 4.99 Å². The van der Waals surface area contributed by atoms with E-state index in [2.05, 4.69) is 4.99 Å². The Bertz CT molecular complexity index is 1840. The highest BCUT2D eigenvalue weighted by Crippen LogP contribution is 2.36. The summed E-state index contributed by atoms with van der Waals surface area (Å²) in [5.74, 6) is 1.56. The molecule has 0 spiro atoms. The van der Waals surface area contributed by atoms with Crippen LogP contribution in [-0.4, -0.2) is 39.0 Å². The number of ether oxygens (including phenoxy) is 5. The van der Waals surface area contributed by atoms with Crippen LogP contribution < -0.4 is 33.8 Å². The van der Waals surface area contributed by atoms with Crippen LogP contribution >= 0.6 is 11.3 Å². The Morgan fingerprint density at radius 2 is 1.60 bits per heavy atom. The zero-order chi connectivity index (χ0) is 29.8. The average Bonchev–Trinajstić information content (AvgIpc) is 3.32. The standard InChI is InChI=1S/C32H30N2O7S/c1-19-28(31(36)40-5)29(22-12-14-24(26(17-22)39-4)41-18-20-9-7-6-8-10-20)34-30(35)27(42-32(34)33-19)16-21-11-13-23(37-2)25(15-21)38-3/h6-17,29H,18H2,1-5H3/b27-16-. The molecule has 1 unspecified atom stereocenters. The molecule has 1 aromatic heterocycles. The minimum atomic E-state index is -0.793. The number of hydrogen-bond acceptors (Lipinski definition) is 9. The molecule has 0 amide bonds. The van der Waals surface area contributed by atoms with Crippen LogP contribution in [0, 0.1) is 0 Å². The van der Waals surface area contributed by atoms with Crippen molar-refractivity contribution in [3.63, 3.8) is 0 Å². The Morgan fingerprint density at radius 3 is 2.29 bits per heavy atom. The summed E-state index contributed by atoms with van der Waals surface area (Å²) < 4.78 is 29.5. The summed E-state index contributed by atoms with van der Waals surface area (Å²) >= 11 is 1.24. The van der Waals surface area contributed by atoms with Crippen LogP contribution in [0.2, 0.25) is 0 Å². The quantitative estimate of drug-likeness (QED) is 0.274. The van der Waals surface area contributed by atoms with E-state index in [1.54, 1.807) is 58.6 Å². The molecule has 42 heavy (non-hydrogen) atoms. The van der Waals surface area contributed by atoms with E-state index in [4.69, 9.17) is 23.7 Å². The van der Waals surface area contributed by atoms with Gasteiger partial charge in [0, 0.05) is 0 Å². The van der Waals surface area contributed by atoms with E-state index >= 15 is 0 Å². The van der Waals surface area contributed by atoms with Gasteiger partial charge < -0.3 is 23.7 Å². The van der Waals surface area contributed by atoms with Gasteiger partial charge in [0.05, 0.1) is 50.3 Å². The molecular weight excluding hydrogens is 556 g/mol. The molecule has 0 fully saturated rings. The van der Waals surface area contributed by atoms with Crippen LogP contribution in [0.25, 0.3) is 6.08 Å². The lowest BCUT2D eigenvalue weighted by Gasteiger charge is -2.25. The SMILES string of the molecule is COC(=O)C1=C(C)N=c2s/c(=C\c3ccc(OC)c(OC)c3)c(=O)n2C1c1ccc(OCc2ccccc2)c(OC)c1. The molecule has 10 heteroatoms. The third-order valence-electron chi connectivity index (χ3n) is 6.87. The molecule has 0 aliphatic carbocycles. The van der Waals surface area contributed by atoms with E-state index < -0.39 is 12.0 Å². The minimum absolute atomic E-state index is 0.266. The largest absolute Gasteiger partial charge is 0.493 e. The first-order valence-corrected chi connectivity index (χ1v) is 13.9. The van der Waals surface area contributed by atoms with E-state index in [0.29, 0.717) is 50.2 Å². The van der Waals surface area contributed by atoms with E-state index in [1.165, 1.54) is 23.0 Å². The first-order valence-electron chi connectivity index (χ1n) is 13.1. The van der Waals surface area contributed by atoms with Crippen LogP contribution in [0.3, 0.4) is 0 Å². The van der Waals surface area contributed by atoms with Gasteiger partial charge in [0.2, 0.25) is 0 Å². The molecule has 9 nitrogen and oxygen atoms in total. The van der Waals surface area contributed by atoms with Crippen molar-refractivity contribution in [2.45, 2.75) is 19.6 Å². The van der Waals surface area contributed by atoms with Gasteiger partial charge in [-0.3, -0.25) is 9.36 Å². The number of nitrogens with zero attached hydrogens (tertiary/aromatic N) is 2. The maximum atomic E-state index is 13.9. The van der Waals surface area contributed by atoms with Crippen LogP contribution in [0.15, 0.2) is 87.8 Å². The number of rotatable bonds is 9. The number of thiazole rings is 1. The molecule has 1 atom stereocenters. The van der Waals surface area contributed by atoms with Gasteiger partial charge >= 0.3 is 5.97 Å². The molecule has 1 aliphatic heterocycles. The number of fused-ring (bicyclic) bond motifs is 1. The molecule has 0 saturated carbocycles. The fourth-order valence-corrected chi connectivity index (χ4v) is 5.86. The molecule has 4 aromatic rings. The zero-order valence-corrected chi connectivity index (χ0v) is 24.7. The third-order valence-corrected chi connectivity index (χ3v) is 7.86. The Morgan fingerprint density at radius 1 is 0.905 bits per heavy atom. The molecule has 2 heterocycles. The van der Waals surface area contributed by atoms with Crippen molar-refractivity contribution in [2.75, 3.05) is 28.4 Å². The monoisotopic (exact) mass is 586 g/mol. The number of hydrogen-bond donors (Lipinski definition) is 0. The molecule has 0 saturated heterocycles. The van der Waals surface area contributed by atoms with Crippen LogP contribution in [-0.2, 0) is 16.1 Å². The van der Waals surface area contributed by atoms with Crippen LogP contribution in [0.5, 0.6) is 23.0 Å². The summed E-state index contributed by atoms with van der Waals surface area (Å²) in [7, 11) is 5.97. The highest BCUT2D eigenvalue weighted by molar-refractivity contribution is 7.07. The van der Waals surface area contributed by atoms with Crippen molar-refractivity contribution in [3.8, 4) is 23.0 Å². The molecule has 5 rings (SSSR count). The number of carbonyl (C=O) groups excluding carboxylic acids is 1. The van der Waals surface area contributed by atoms with E-state index in [0.717, 1.165) is 11.1 Å². The van der Waals surface area contributed by atoms with Gasteiger partial charge in [-0.25, -0.2) is 9.79 Å². The van der Waals surface area contributed by atoms with E-state index in [-0.39, 0.29) is 11.1 Å². The zero-order valence-electron chi connectivity index (χ0n) is 23.9. The highest BCUT2D eigenvalue weighted by Gasteiger charge is 2.33. The molecule has 3 aromatic carbocycles. The first kappa shape index (κ1) is 28.7. The van der Waals surface area contributed by atoms with E-state index in [1.807, 2.05) is 42.5 Å². The predicted molar refractivity (Wildman–Crippen MR) is 159 cm³/mol. The van der Waals surface area contributed by atoms with Gasteiger partial charge in [-0.05, 0) is 54.0 Å². The van der Waals surface area contributed by atoms with Gasteiger partial charge in [-0.2, -0.15) is 0 Å². The minimum Gasteiger partial charge on any atom is -0.493 e. The third kappa shape index (κ3) is 5.53. The maximum Gasteiger partial charge on any atom is 0.338 e. The first-order chi connectivity index (χ1) is 20.4.